The fourth-order valence-corrected chi connectivity index (χ4v) is 3.03. The van der Waals surface area contributed by atoms with E-state index in [4.69, 9.17) is 16.3 Å². The lowest BCUT2D eigenvalue weighted by atomic mass is 10.0. The molecule has 3 nitrogen and oxygen atoms in total. The molecule has 0 spiro atoms. The van der Waals surface area contributed by atoms with Gasteiger partial charge in [-0.05, 0) is 42.2 Å². The molecule has 1 fully saturated rings. The van der Waals surface area contributed by atoms with Gasteiger partial charge >= 0.3 is 0 Å². The molecule has 120 valence electrons. The van der Waals surface area contributed by atoms with E-state index in [1.54, 1.807) is 6.07 Å². The van der Waals surface area contributed by atoms with E-state index < -0.39 is 0 Å². The van der Waals surface area contributed by atoms with E-state index in [9.17, 15) is 4.79 Å². The van der Waals surface area contributed by atoms with Crippen LogP contribution < -0.4 is 4.74 Å². The highest BCUT2D eigenvalue weighted by Crippen LogP contribution is 2.25. The van der Waals surface area contributed by atoms with Crippen LogP contribution in [0.2, 0.25) is 5.02 Å². The summed E-state index contributed by atoms with van der Waals surface area (Å²) in [4.78, 5) is 14.0. The molecule has 0 aromatic heterocycles. The number of ether oxygens (including phenoxy) is 1. The first-order valence-electron chi connectivity index (χ1n) is 7.95. The quantitative estimate of drug-likeness (QED) is 0.831. The second kappa shape index (κ2) is 7.51. The summed E-state index contributed by atoms with van der Waals surface area (Å²) >= 11 is 6.12. The highest BCUT2D eigenvalue weighted by Gasteiger charge is 2.18. The van der Waals surface area contributed by atoms with Crippen LogP contribution >= 0.6 is 11.6 Å². The van der Waals surface area contributed by atoms with Gasteiger partial charge in [-0.3, -0.25) is 4.79 Å². The van der Waals surface area contributed by atoms with Crippen molar-refractivity contribution in [1.82, 2.24) is 4.90 Å². The predicted octanol–water partition coefficient (Wildman–Crippen LogP) is 3.93. The van der Waals surface area contributed by atoms with Crippen molar-refractivity contribution in [3.8, 4) is 5.75 Å². The van der Waals surface area contributed by atoms with Gasteiger partial charge in [0.2, 0.25) is 0 Å². The first kappa shape index (κ1) is 15.9. The Morgan fingerprint density at radius 1 is 1.09 bits per heavy atom. The number of amides is 1. The number of carbonyl (C=O) groups excluding carboxylic acids is 1. The molecule has 1 aliphatic rings. The first-order valence-corrected chi connectivity index (χ1v) is 8.33. The Morgan fingerprint density at radius 3 is 2.57 bits per heavy atom. The summed E-state index contributed by atoms with van der Waals surface area (Å²) in [7, 11) is 0. The molecule has 1 aliphatic heterocycles. The lowest BCUT2D eigenvalue weighted by Crippen LogP contribution is -2.32. The molecule has 1 saturated heterocycles. The molecule has 2 aromatic carbocycles. The Kier molecular flexibility index (Phi) is 5.19. The van der Waals surface area contributed by atoms with Crippen molar-refractivity contribution in [2.24, 2.45) is 0 Å². The van der Waals surface area contributed by atoms with Crippen molar-refractivity contribution in [3.05, 3.63) is 64.7 Å². The standard InChI is InChI=1S/C19H20ClNO2/c20-17-8-9-18(23-14-19(22)21-10-4-5-11-21)16(13-17)12-15-6-2-1-3-7-15/h1-3,6-9,13H,4-5,10-12,14H2. The van der Waals surface area contributed by atoms with Crippen LogP contribution in [0.15, 0.2) is 48.5 Å². The minimum atomic E-state index is 0.0584. The molecule has 0 saturated carbocycles. The summed E-state index contributed by atoms with van der Waals surface area (Å²) in [6.07, 6.45) is 2.91. The summed E-state index contributed by atoms with van der Waals surface area (Å²) in [6.45, 7) is 1.78. The maximum Gasteiger partial charge on any atom is 0.260 e. The molecule has 0 unspecified atom stereocenters. The predicted molar refractivity (Wildman–Crippen MR) is 92.0 cm³/mol. The second-order valence-electron chi connectivity index (χ2n) is 5.79. The summed E-state index contributed by atoms with van der Waals surface area (Å²) < 4.78 is 5.79. The topological polar surface area (TPSA) is 29.5 Å². The number of halogens is 1. The van der Waals surface area contributed by atoms with E-state index in [-0.39, 0.29) is 12.5 Å². The number of likely N-dealkylation sites (tertiary alicyclic amines) is 1. The molecule has 1 heterocycles. The Balaban J connectivity index is 1.69. The van der Waals surface area contributed by atoms with Crippen LogP contribution in [0.1, 0.15) is 24.0 Å². The van der Waals surface area contributed by atoms with Gasteiger partial charge in [-0.15, -0.1) is 0 Å². The zero-order valence-corrected chi connectivity index (χ0v) is 13.8. The molecule has 0 radical (unpaired) electrons. The van der Waals surface area contributed by atoms with E-state index in [0.29, 0.717) is 5.02 Å². The molecular weight excluding hydrogens is 310 g/mol. The Bertz CT molecular complexity index is 666. The third kappa shape index (κ3) is 4.26. The minimum Gasteiger partial charge on any atom is -0.483 e. The maximum atomic E-state index is 12.1. The van der Waals surface area contributed by atoms with Crippen LogP contribution in [0.3, 0.4) is 0 Å². The van der Waals surface area contributed by atoms with E-state index >= 15 is 0 Å². The first-order chi connectivity index (χ1) is 11.2. The lowest BCUT2D eigenvalue weighted by Gasteiger charge is -2.17. The SMILES string of the molecule is O=C(COc1ccc(Cl)cc1Cc1ccccc1)N1CCCC1. The van der Waals surface area contributed by atoms with Crippen LogP contribution in [0.5, 0.6) is 5.75 Å². The third-order valence-electron chi connectivity index (χ3n) is 4.07. The van der Waals surface area contributed by atoms with Gasteiger partial charge in [-0.2, -0.15) is 0 Å². The van der Waals surface area contributed by atoms with Crippen molar-refractivity contribution in [2.75, 3.05) is 19.7 Å². The zero-order valence-electron chi connectivity index (χ0n) is 13.0. The third-order valence-corrected chi connectivity index (χ3v) is 4.30. The number of benzene rings is 2. The van der Waals surface area contributed by atoms with Gasteiger partial charge in [0.1, 0.15) is 5.75 Å². The highest BCUT2D eigenvalue weighted by atomic mass is 35.5. The highest BCUT2D eigenvalue weighted by molar-refractivity contribution is 6.30. The molecule has 0 aliphatic carbocycles. The molecule has 0 bridgehead atoms. The largest absolute Gasteiger partial charge is 0.483 e. The van der Waals surface area contributed by atoms with Gasteiger partial charge in [0.25, 0.3) is 5.91 Å². The van der Waals surface area contributed by atoms with E-state index in [1.807, 2.05) is 35.2 Å². The molecule has 0 atom stereocenters. The van der Waals surface area contributed by atoms with Gasteiger partial charge in [0, 0.05) is 24.5 Å². The fraction of sp³-hybridized carbons (Fsp3) is 0.316. The van der Waals surface area contributed by atoms with Crippen molar-refractivity contribution in [2.45, 2.75) is 19.3 Å². The van der Waals surface area contributed by atoms with Gasteiger partial charge < -0.3 is 9.64 Å². The van der Waals surface area contributed by atoms with E-state index in [0.717, 1.165) is 43.7 Å². The normalized spacial score (nSPS) is 14.0. The van der Waals surface area contributed by atoms with E-state index in [1.165, 1.54) is 5.56 Å². The summed E-state index contributed by atoms with van der Waals surface area (Å²) in [5.41, 5.74) is 2.18. The Morgan fingerprint density at radius 2 is 1.83 bits per heavy atom. The van der Waals surface area contributed by atoms with Crippen LogP contribution in [0.25, 0.3) is 0 Å². The monoisotopic (exact) mass is 329 g/mol. The molecule has 3 rings (SSSR count). The van der Waals surface area contributed by atoms with Crippen LogP contribution in [-0.2, 0) is 11.2 Å². The van der Waals surface area contributed by atoms with Crippen molar-refractivity contribution in [1.29, 1.82) is 0 Å². The van der Waals surface area contributed by atoms with Crippen molar-refractivity contribution in [3.63, 3.8) is 0 Å². The summed E-state index contributed by atoms with van der Waals surface area (Å²) in [6, 6.07) is 15.7. The Hall–Kier alpha value is -2.00. The maximum absolute atomic E-state index is 12.1. The Labute approximate surface area is 141 Å². The van der Waals surface area contributed by atoms with Crippen molar-refractivity contribution < 1.29 is 9.53 Å². The molecular formula is C19H20ClNO2. The van der Waals surface area contributed by atoms with Crippen LogP contribution in [0, 0.1) is 0 Å². The lowest BCUT2D eigenvalue weighted by molar-refractivity contribution is -0.132. The van der Waals surface area contributed by atoms with Gasteiger partial charge in [-0.1, -0.05) is 41.9 Å². The molecule has 2 aromatic rings. The average molecular weight is 330 g/mol. The van der Waals surface area contributed by atoms with Crippen LogP contribution in [0.4, 0.5) is 0 Å². The van der Waals surface area contributed by atoms with Gasteiger partial charge in [0.05, 0.1) is 0 Å². The van der Waals surface area contributed by atoms with Gasteiger partial charge in [0.15, 0.2) is 6.61 Å². The molecule has 23 heavy (non-hydrogen) atoms. The van der Waals surface area contributed by atoms with E-state index in [2.05, 4.69) is 12.1 Å². The number of nitrogens with zero attached hydrogens (tertiary/aromatic N) is 1. The minimum absolute atomic E-state index is 0.0584. The number of carbonyl (C=O) groups is 1. The molecule has 4 heteroatoms. The fourth-order valence-electron chi connectivity index (χ4n) is 2.84. The second-order valence-corrected chi connectivity index (χ2v) is 6.23. The molecule has 0 N–H and O–H groups in total. The summed E-state index contributed by atoms with van der Waals surface area (Å²) in [5, 5.41) is 0.675. The van der Waals surface area contributed by atoms with Crippen molar-refractivity contribution >= 4 is 17.5 Å². The number of rotatable bonds is 5. The average Bonchev–Trinajstić information content (AvgIpc) is 3.09. The number of hydrogen-bond donors (Lipinski definition) is 0. The van der Waals surface area contributed by atoms with Gasteiger partial charge in [-0.25, -0.2) is 0 Å². The summed E-state index contributed by atoms with van der Waals surface area (Å²) in [5.74, 6) is 0.786. The number of hydrogen-bond acceptors (Lipinski definition) is 2. The zero-order chi connectivity index (χ0) is 16.1. The van der Waals surface area contributed by atoms with Crippen LogP contribution in [-0.4, -0.2) is 30.5 Å². The smallest absolute Gasteiger partial charge is 0.260 e. The molecule has 1 amide bonds.